The van der Waals surface area contributed by atoms with Crippen molar-refractivity contribution in [2.75, 3.05) is 5.32 Å². The van der Waals surface area contributed by atoms with Crippen molar-refractivity contribution in [2.24, 2.45) is 0 Å². The second-order valence-electron chi connectivity index (χ2n) is 4.04. The number of anilines is 1. The lowest BCUT2D eigenvalue weighted by Crippen LogP contribution is -2.15. The van der Waals surface area contributed by atoms with Gasteiger partial charge in [-0.2, -0.15) is 11.3 Å². The van der Waals surface area contributed by atoms with Crippen LogP contribution in [0, 0.1) is 18.6 Å². The molecule has 1 aromatic heterocycles. The van der Waals surface area contributed by atoms with Crippen LogP contribution in [0.4, 0.5) is 14.5 Å². The number of thiophene rings is 1. The van der Waals surface area contributed by atoms with Crippen molar-refractivity contribution >= 4 is 28.9 Å². The maximum atomic E-state index is 13.2. The molecule has 0 aliphatic carbocycles. The molecule has 1 amide bonds. The van der Waals surface area contributed by atoms with Crippen molar-refractivity contribution in [1.82, 2.24) is 0 Å². The fourth-order valence-corrected chi connectivity index (χ4v) is 2.44. The molecule has 0 bridgehead atoms. The quantitative estimate of drug-likeness (QED) is 0.913. The van der Waals surface area contributed by atoms with Crippen LogP contribution in [0.1, 0.15) is 26.3 Å². The second-order valence-corrected chi connectivity index (χ2v) is 4.78. The largest absolute Gasteiger partial charge is 0.478 e. The molecule has 0 atom stereocenters. The smallest absolute Gasteiger partial charge is 0.337 e. The Hall–Kier alpha value is -2.28. The van der Waals surface area contributed by atoms with Crippen LogP contribution < -0.4 is 5.32 Å². The van der Waals surface area contributed by atoms with Crippen LogP contribution in [0.15, 0.2) is 22.9 Å². The van der Waals surface area contributed by atoms with Gasteiger partial charge in [0, 0.05) is 11.4 Å². The number of nitrogens with one attached hydrogen (secondary N) is 1. The molecule has 0 aliphatic rings. The number of carbonyl (C=O) groups excluding carboxylic acids is 1. The first-order chi connectivity index (χ1) is 9.40. The fourth-order valence-electron chi connectivity index (χ4n) is 1.61. The Morgan fingerprint density at radius 1 is 1.15 bits per heavy atom. The molecule has 0 aliphatic heterocycles. The Balaban J connectivity index is 2.38. The Bertz CT molecular complexity index is 697. The minimum atomic E-state index is -1.46. The maximum Gasteiger partial charge on any atom is 0.337 e. The van der Waals surface area contributed by atoms with Gasteiger partial charge in [0.15, 0.2) is 11.6 Å². The van der Waals surface area contributed by atoms with Crippen LogP contribution in [0.5, 0.6) is 0 Å². The average molecular weight is 297 g/mol. The number of carboxylic acids is 1. The summed E-state index contributed by atoms with van der Waals surface area (Å²) in [7, 11) is 0. The van der Waals surface area contributed by atoms with Crippen LogP contribution in [-0.4, -0.2) is 17.0 Å². The maximum absolute atomic E-state index is 13.2. The molecule has 0 saturated heterocycles. The zero-order chi connectivity index (χ0) is 14.9. The number of rotatable bonds is 3. The van der Waals surface area contributed by atoms with Crippen molar-refractivity contribution in [3.63, 3.8) is 0 Å². The summed E-state index contributed by atoms with van der Waals surface area (Å²) in [5.41, 5.74) is 0.278. The summed E-state index contributed by atoms with van der Waals surface area (Å²) >= 11 is 1.31. The van der Waals surface area contributed by atoms with Gasteiger partial charge in [0.1, 0.15) is 0 Å². The highest BCUT2D eigenvalue weighted by Gasteiger charge is 2.18. The predicted octanol–water partition coefficient (Wildman–Crippen LogP) is 3.29. The normalized spacial score (nSPS) is 10.3. The van der Waals surface area contributed by atoms with Crippen molar-refractivity contribution in [2.45, 2.75) is 6.92 Å². The number of hydrogen-bond donors (Lipinski definition) is 2. The molecule has 7 heteroatoms. The summed E-state index contributed by atoms with van der Waals surface area (Å²) in [6.45, 7) is 1.72. The number of hydrogen-bond acceptors (Lipinski definition) is 3. The van der Waals surface area contributed by atoms with Crippen molar-refractivity contribution in [3.8, 4) is 0 Å². The fraction of sp³-hybridized carbons (Fsp3) is 0.0769. The lowest BCUT2D eigenvalue weighted by Gasteiger charge is -2.09. The van der Waals surface area contributed by atoms with Gasteiger partial charge in [0.05, 0.1) is 16.8 Å². The molecule has 2 rings (SSSR count). The van der Waals surface area contributed by atoms with Crippen molar-refractivity contribution < 1.29 is 23.5 Å². The van der Waals surface area contributed by atoms with E-state index in [1.54, 1.807) is 17.7 Å². The number of aromatic carboxylic acids is 1. The summed E-state index contributed by atoms with van der Waals surface area (Å²) in [6, 6.07) is 1.19. The summed E-state index contributed by atoms with van der Waals surface area (Å²) < 4.78 is 26.2. The predicted molar refractivity (Wildman–Crippen MR) is 70.3 cm³/mol. The summed E-state index contributed by atoms with van der Waals surface area (Å²) in [5.74, 6) is -4.54. The SMILES string of the molecule is Cc1cscc1C(=O)Nc1cc(F)c(F)cc1C(=O)O. The summed E-state index contributed by atoms with van der Waals surface area (Å²) in [5, 5.41) is 14.6. The highest BCUT2D eigenvalue weighted by atomic mass is 32.1. The summed E-state index contributed by atoms with van der Waals surface area (Å²) in [6.07, 6.45) is 0. The summed E-state index contributed by atoms with van der Waals surface area (Å²) in [4.78, 5) is 22.9. The minimum Gasteiger partial charge on any atom is -0.478 e. The first-order valence-corrected chi connectivity index (χ1v) is 6.41. The van der Waals surface area contributed by atoms with E-state index in [0.717, 1.165) is 0 Å². The van der Waals surface area contributed by atoms with Crippen molar-refractivity contribution in [1.29, 1.82) is 0 Å². The second kappa shape index (κ2) is 5.38. The third-order valence-electron chi connectivity index (χ3n) is 2.64. The van der Waals surface area contributed by atoms with E-state index in [1.807, 2.05) is 0 Å². The van der Waals surface area contributed by atoms with Gasteiger partial charge in [-0.3, -0.25) is 4.79 Å². The van der Waals surface area contributed by atoms with E-state index in [2.05, 4.69) is 5.32 Å². The monoisotopic (exact) mass is 297 g/mol. The Morgan fingerprint density at radius 3 is 2.35 bits per heavy atom. The van der Waals surface area contributed by atoms with Crippen LogP contribution >= 0.6 is 11.3 Å². The van der Waals surface area contributed by atoms with Gasteiger partial charge in [-0.05, 0) is 23.9 Å². The molecule has 4 nitrogen and oxygen atoms in total. The average Bonchev–Trinajstić information content (AvgIpc) is 2.79. The number of halogens is 2. The molecule has 0 fully saturated rings. The molecule has 1 heterocycles. The Morgan fingerprint density at radius 2 is 1.80 bits per heavy atom. The molecule has 2 N–H and O–H groups in total. The van der Waals surface area contributed by atoms with Gasteiger partial charge >= 0.3 is 5.97 Å². The Kier molecular flexibility index (Phi) is 3.80. The molecule has 20 heavy (non-hydrogen) atoms. The van der Waals surface area contributed by atoms with E-state index in [9.17, 15) is 18.4 Å². The molecule has 0 spiro atoms. The number of amides is 1. The van der Waals surface area contributed by atoms with E-state index in [-0.39, 0.29) is 5.69 Å². The van der Waals surface area contributed by atoms with Gasteiger partial charge in [-0.25, -0.2) is 13.6 Å². The molecule has 0 unspecified atom stereocenters. The zero-order valence-corrected chi connectivity index (χ0v) is 11.1. The van der Waals surface area contributed by atoms with Gasteiger partial charge < -0.3 is 10.4 Å². The molecule has 0 radical (unpaired) electrons. The number of aryl methyl sites for hydroxylation is 1. The molecule has 0 saturated carbocycles. The standard InChI is InChI=1S/C13H9F2NO3S/c1-6-4-20-5-8(6)12(17)16-11-3-10(15)9(14)2-7(11)13(18)19/h2-5H,1H3,(H,16,17)(H,18,19). The highest BCUT2D eigenvalue weighted by Crippen LogP contribution is 2.22. The van der Waals surface area contributed by atoms with E-state index in [1.165, 1.54) is 11.3 Å². The lowest BCUT2D eigenvalue weighted by atomic mass is 10.1. The van der Waals surface area contributed by atoms with E-state index in [4.69, 9.17) is 5.11 Å². The Labute approximate surface area is 116 Å². The minimum absolute atomic E-state index is 0.285. The number of benzene rings is 1. The van der Waals surface area contributed by atoms with Crippen LogP contribution in [-0.2, 0) is 0 Å². The van der Waals surface area contributed by atoms with Gasteiger partial charge in [-0.1, -0.05) is 0 Å². The van der Waals surface area contributed by atoms with Crippen LogP contribution in [0.25, 0.3) is 0 Å². The first kappa shape index (κ1) is 14.1. The lowest BCUT2D eigenvalue weighted by molar-refractivity contribution is 0.0697. The third kappa shape index (κ3) is 2.67. The van der Waals surface area contributed by atoms with Gasteiger partial charge in [0.25, 0.3) is 5.91 Å². The van der Waals surface area contributed by atoms with Gasteiger partial charge in [-0.15, -0.1) is 0 Å². The van der Waals surface area contributed by atoms with Crippen LogP contribution in [0.2, 0.25) is 0 Å². The topological polar surface area (TPSA) is 66.4 Å². The molecular weight excluding hydrogens is 288 g/mol. The van der Waals surface area contributed by atoms with E-state index in [0.29, 0.717) is 23.3 Å². The first-order valence-electron chi connectivity index (χ1n) is 5.46. The highest BCUT2D eigenvalue weighted by molar-refractivity contribution is 7.08. The van der Waals surface area contributed by atoms with E-state index >= 15 is 0 Å². The van der Waals surface area contributed by atoms with E-state index < -0.39 is 29.1 Å². The number of carbonyl (C=O) groups is 2. The molecule has 104 valence electrons. The number of carboxylic acid groups (broad SMARTS) is 1. The third-order valence-corrected chi connectivity index (χ3v) is 3.50. The molecular formula is C13H9F2NO3S. The van der Waals surface area contributed by atoms with Crippen molar-refractivity contribution in [3.05, 3.63) is 51.2 Å². The van der Waals surface area contributed by atoms with Crippen LogP contribution in [0.3, 0.4) is 0 Å². The van der Waals surface area contributed by atoms with Gasteiger partial charge in [0.2, 0.25) is 0 Å². The zero-order valence-electron chi connectivity index (χ0n) is 10.2. The molecule has 2 aromatic rings. The molecule has 1 aromatic carbocycles.